The number of amides is 1. The minimum absolute atomic E-state index is 0.185. The molecule has 1 heterocycles. The lowest BCUT2D eigenvalue weighted by atomic mass is 10.2. The summed E-state index contributed by atoms with van der Waals surface area (Å²) >= 11 is 0. The number of nitrogens with zero attached hydrogens (tertiary/aromatic N) is 2. The monoisotopic (exact) mass is 282 g/mol. The first kappa shape index (κ1) is 14.3. The Morgan fingerprint density at radius 2 is 2.14 bits per heavy atom. The average Bonchev–Trinajstić information content (AvgIpc) is 2.47. The summed E-state index contributed by atoms with van der Waals surface area (Å²) in [6.07, 6.45) is 0. The van der Waals surface area contributed by atoms with Crippen LogP contribution in [-0.2, 0) is 4.79 Å². The van der Waals surface area contributed by atoms with Crippen LogP contribution in [0.4, 0.5) is 17.2 Å². The van der Waals surface area contributed by atoms with Gasteiger partial charge in [-0.2, -0.15) is 5.26 Å². The van der Waals surface area contributed by atoms with Gasteiger partial charge in [-0.05, 0) is 30.3 Å². The topological polar surface area (TPSA) is 87.0 Å². The highest BCUT2D eigenvalue weighted by molar-refractivity contribution is 5.91. The average molecular weight is 282 g/mol. The van der Waals surface area contributed by atoms with Crippen molar-refractivity contribution < 1.29 is 9.53 Å². The maximum atomic E-state index is 11.2. The third-order valence-electron chi connectivity index (χ3n) is 2.65. The molecule has 0 saturated heterocycles. The number of aromatic nitrogens is 1. The second kappa shape index (κ2) is 6.39. The zero-order chi connectivity index (χ0) is 15.2. The molecule has 0 aliphatic carbocycles. The molecule has 0 unspecified atom stereocenters. The third kappa shape index (κ3) is 3.70. The van der Waals surface area contributed by atoms with Crippen LogP contribution in [0.2, 0.25) is 0 Å². The third-order valence-corrected chi connectivity index (χ3v) is 2.65. The van der Waals surface area contributed by atoms with Crippen LogP contribution in [0.5, 0.6) is 5.75 Å². The van der Waals surface area contributed by atoms with E-state index in [0.717, 1.165) is 5.69 Å². The van der Waals surface area contributed by atoms with E-state index in [9.17, 15) is 4.79 Å². The molecule has 2 rings (SSSR count). The van der Waals surface area contributed by atoms with Gasteiger partial charge in [0.25, 0.3) is 0 Å². The normalized spacial score (nSPS) is 9.57. The predicted molar refractivity (Wildman–Crippen MR) is 79.5 cm³/mol. The number of nitrogens with one attached hydrogen (secondary N) is 2. The highest BCUT2D eigenvalue weighted by Gasteiger charge is 2.06. The van der Waals surface area contributed by atoms with E-state index < -0.39 is 0 Å². The Labute approximate surface area is 122 Å². The molecule has 1 aromatic heterocycles. The van der Waals surface area contributed by atoms with E-state index in [1.807, 2.05) is 6.07 Å². The number of carbonyl (C=O) groups excluding carboxylic acids is 1. The van der Waals surface area contributed by atoms with Crippen molar-refractivity contribution >= 4 is 23.1 Å². The summed E-state index contributed by atoms with van der Waals surface area (Å²) < 4.78 is 5.19. The second-order valence-electron chi connectivity index (χ2n) is 4.24. The van der Waals surface area contributed by atoms with E-state index >= 15 is 0 Å². The predicted octanol–water partition coefficient (Wildman–Crippen LogP) is 2.66. The number of nitriles is 1. The minimum Gasteiger partial charge on any atom is -0.495 e. The molecule has 106 valence electrons. The van der Waals surface area contributed by atoms with Crippen LogP contribution >= 0.6 is 0 Å². The maximum Gasteiger partial charge on any atom is 0.221 e. The zero-order valence-corrected chi connectivity index (χ0v) is 11.7. The molecule has 1 amide bonds. The Morgan fingerprint density at radius 3 is 2.81 bits per heavy atom. The first-order chi connectivity index (χ1) is 10.1. The van der Waals surface area contributed by atoms with Crippen LogP contribution in [-0.4, -0.2) is 18.0 Å². The van der Waals surface area contributed by atoms with Crippen molar-refractivity contribution in [1.29, 1.82) is 5.26 Å². The van der Waals surface area contributed by atoms with Crippen molar-refractivity contribution in [2.24, 2.45) is 0 Å². The number of ether oxygens (including phenoxy) is 1. The number of methoxy groups -OCH3 is 1. The Balaban J connectivity index is 2.27. The van der Waals surface area contributed by atoms with Gasteiger partial charge in [-0.3, -0.25) is 4.79 Å². The molecule has 0 spiro atoms. The molecule has 1 aromatic carbocycles. The van der Waals surface area contributed by atoms with Gasteiger partial charge in [-0.15, -0.1) is 0 Å². The summed E-state index contributed by atoms with van der Waals surface area (Å²) in [5, 5.41) is 14.6. The van der Waals surface area contributed by atoms with E-state index in [4.69, 9.17) is 10.00 Å². The summed E-state index contributed by atoms with van der Waals surface area (Å²) in [6, 6.07) is 12.4. The van der Waals surface area contributed by atoms with E-state index in [2.05, 4.69) is 15.6 Å². The van der Waals surface area contributed by atoms with Gasteiger partial charge < -0.3 is 15.4 Å². The van der Waals surface area contributed by atoms with E-state index in [1.165, 1.54) is 14.0 Å². The van der Waals surface area contributed by atoms with Crippen molar-refractivity contribution in [2.75, 3.05) is 17.7 Å². The number of anilines is 3. The van der Waals surface area contributed by atoms with Crippen molar-refractivity contribution in [2.45, 2.75) is 6.92 Å². The molecule has 2 aromatic rings. The lowest BCUT2D eigenvalue weighted by Crippen LogP contribution is -2.07. The molecular weight excluding hydrogens is 268 g/mol. The fourth-order valence-corrected chi connectivity index (χ4v) is 1.79. The Morgan fingerprint density at radius 1 is 1.33 bits per heavy atom. The first-order valence-electron chi connectivity index (χ1n) is 6.22. The van der Waals surface area contributed by atoms with Gasteiger partial charge in [0, 0.05) is 12.6 Å². The number of hydrogen-bond donors (Lipinski definition) is 2. The number of hydrogen-bond acceptors (Lipinski definition) is 5. The van der Waals surface area contributed by atoms with Crippen molar-refractivity contribution in [1.82, 2.24) is 4.98 Å². The Hall–Kier alpha value is -3.07. The summed E-state index contributed by atoms with van der Waals surface area (Å²) in [7, 11) is 1.53. The first-order valence-corrected chi connectivity index (χ1v) is 6.22. The Bertz CT molecular complexity index is 707. The van der Waals surface area contributed by atoms with E-state index in [-0.39, 0.29) is 5.91 Å². The molecule has 0 radical (unpaired) electrons. The van der Waals surface area contributed by atoms with Crippen LogP contribution in [0, 0.1) is 11.3 Å². The molecule has 6 nitrogen and oxygen atoms in total. The molecule has 0 aliphatic heterocycles. The summed E-state index contributed by atoms with van der Waals surface area (Å²) in [5.74, 6) is 0.928. The number of pyridine rings is 1. The highest BCUT2D eigenvalue weighted by Crippen LogP contribution is 2.29. The van der Waals surface area contributed by atoms with Gasteiger partial charge in [-0.1, -0.05) is 6.07 Å². The van der Waals surface area contributed by atoms with Crippen molar-refractivity contribution in [3.63, 3.8) is 0 Å². The summed E-state index contributed by atoms with van der Waals surface area (Å²) in [4.78, 5) is 15.3. The summed E-state index contributed by atoms with van der Waals surface area (Å²) in [5.41, 5.74) is 1.61. The fraction of sp³-hybridized carbons (Fsp3) is 0.133. The lowest BCUT2D eigenvalue weighted by molar-refractivity contribution is -0.114. The molecule has 0 fully saturated rings. The molecular formula is C15H14N4O2. The van der Waals surface area contributed by atoms with Crippen LogP contribution in [0.1, 0.15) is 12.6 Å². The minimum atomic E-state index is -0.185. The quantitative estimate of drug-likeness (QED) is 0.900. The Kier molecular flexibility index (Phi) is 4.36. The van der Waals surface area contributed by atoms with Gasteiger partial charge in [-0.25, -0.2) is 4.98 Å². The van der Waals surface area contributed by atoms with E-state index in [0.29, 0.717) is 22.9 Å². The molecule has 0 aliphatic rings. The SMILES string of the molecule is COc1ccc(Nc2cccc(C#N)n2)cc1NC(C)=O. The number of rotatable bonds is 4. The second-order valence-corrected chi connectivity index (χ2v) is 4.24. The fourth-order valence-electron chi connectivity index (χ4n) is 1.79. The lowest BCUT2D eigenvalue weighted by Gasteiger charge is -2.12. The van der Waals surface area contributed by atoms with Crippen LogP contribution in [0.25, 0.3) is 0 Å². The number of carbonyl (C=O) groups is 1. The smallest absolute Gasteiger partial charge is 0.221 e. The van der Waals surface area contributed by atoms with Gasteiger partial charge in [0.2, 0.25) is 5.91 Å². The summed E-state index contributed by atoms with van der Waals surface area (Å²) in [6.45, 7) is 1.43. The van der Waals surface area contributed by atoms with E-state index in [1.54, 1.807) is 36.4 Å². The zero-order valence-electron chi connectivity index (χ0n) is 11.7. The van der Waals surface area contributed by atoms with Gasteiger partial charge >= 0.3 is 0 Å². The molecule has 21 heavy (non-hydrogen) atoms. The number of benzene rings is 1. The van der Waals surface area contributed by atoms with Gasteiger partial charge in [0.1, 0.15) is 23.3 Å². The molecule has 0 atom stereocenters. The maximum absolute atomic E-state index is 11.2. The van der Waals surface area contributed by atoms with Crippen molar-refractivity contribution in [3.8, 4) is 11.8 Å². The highest BCUT2D eigenvalue weighted by atomic mass is 16.5. The van der Waals surface area contributed by atoms with Crippen LogP contribution in [0.15, 0.2) is 36.4 Å². The van der Waals surface area contributed by atoms with Crippen LogP contribution < -0.4 is 15.4 Å². The molecule has 6 heteroatoms. The standard InChI is InChI=1S/C15H14N4O2/c1-10(20)17-13-8-11(6-7-14(13)21-2)18-15-5-3-4-12(9-16)19-15/h3-8H,1-2H3,(H,17,20)(H,18,19). The molecule has 0 saturated carbocycles. The van der Waals surface area contributed by atoms with Crippen molar-refractivity contribution in [3.05, 3.63) is 42.1 Å². The largest absolute Gasteiger partial charge is 0.495 e. The van der Waals surface area contributed by atoms with Crippen LogP contribution in [0.3, 0.4) is 0 Å². The molecule has 0 bridgehead atoms. The van der Waals surface area contributed by atoms with Gasteiger partial charge in [0.15, 0.2) is 0 Å². The van der Waals surface area contributed by atoms with Gasteiger partial charge in [0.05, 0.1) is 12.8 Å². The molecule has 2 N–H and O–H groups in total.